The molecule has 5 rings (SSSR count). The van der Waals surface area contributed by atoms with Crippen LogP contribution in [0.3, 0.4) is 0 Å². The third-order valence-corrected chi connectivity index (χ3v) is 6.08. The van der Waals surface area contributed by atoms with Gasteiger partial charge in [0, 0.05) is 49.7 Å². The second-order valence-corrected chi connectivity index (χ2v) is 8.36. The highest BCUT2D eigenvalue weighted by Gasteiger charge is 2.23. The smallest absolute Gasteiger partial charge is 0.242 e. The average Bonchev–Trinajstić information content (AvgIpc) is 3.30. The highest BCUT2D eigenvalue weighted by molar-refractivity contribution is 5.78. The molecule has 1 fully saturated rings. The van der Waals surface area contributed by atoms with Crippen molar-refractivity contribution in [2.24, 2.45) is 0 Å². The summed E-state index contributed by atoms with van der Waals surface area (Å²) in [6.45, 7) is 4.57. The van der Waals surface area contributed by atoms with E-state index in [-0.39, 0.29) is 18.3 Å². The number of carbonyl (C=O) groups is 1. The van der Waals surface area contributed by atoms with Crippen molar-refractivity contribution in [2.45, 2.75) is 13.5 Å². The zero-order valence-electron chi connectivity index (χ0n) is 18.9. The fraction of sp³-hybridized carbons (Fsp3) is 0.231. The number of halogens is 1. The summed E-state index contributed by atoms with van der Waals surface area (Å²) >= 11 is 0. The van der Waals surface area contributed by atoms with Crippen LogP contribution in [0.25, 0.3) is 22.6 Å². The van der Waals surface area contributed by atoms with Crippen LogP contribution in [-0.2, 0) is 11.3 Å². The van der Waals surface area contributed by atoms with Gasteiger partial charge in [-0.2, -0.15) is 5.10 Å². The molecule has 0 bridgehead atoms. The van der Waals surface area contributed by atoms with Crippen molar-refractivity contribution >= 4 is 11.7 Å². The van der Waals surface area contributed by atoms with E-state index in [9.17, 15) is 9.18 Å². The fourth-order valence-electron chi connectivity index (χ4n) is 4.19. The lowest BCUT2D eigenvalue weighted by Gasteiger charge is -2.35. The van der Waals surface area contributed by atoms with E-state index < -0.39 is 0 Å². The van der Waals surface area contributed by atoms with Gasteiger partial charge < -0.3 is 14.4 Å². The summed E-state index contributed by atoms with van der Waals surface area (Å²) in [5.41, 5.74) is 3.01. The van der Waals surface area contributed by atoms with E-state index in [2.05, 4.69) is 15.1 Å². The number of anilines is 1. The van der Waals surface area contributed by atoms with Crippen molar-refractivity contribution in [3.63, 3.8) is 0 Å². The van der Waals surface area contributed by atoms with E-state index in [0.717, 1.165) is 16.9 Å². The Hall–Kier alpha value is -4.07. The van der Waals surface area contributed by atoms with Gasteiger partial charge in [-0.1, -0.05) is 30.3 Å². The highest BCUT2D eigenvalue weighted by Crippen LogP contribution is 2.26. The Morgan fingerprint density at radius 2 is 1.76 bits per heavy atom. The second kappa shape index (κ2) is 9.43. The van der Waals surface area contributed by atoms with Gasteiger partial charge in [0.2, 0.25) is 5.91 Å². The minimum Gasteiger partial charge on any atom is -0.352 e. The van der Waals surface area contributed by atoms with E-state index >= 15 is 0 Å². The van der Waals surface area contributed by atoms with Crippen LogP contribution in [0.4, 0.5) is 10.2 Å². The molecule has 0 radical (unpaired) electrons. The molecular weight excluding hydrogens is 431 g/mol. The molecule has 0 N–H and O–H groups in total. The third kappa shape index (κ3) is 4.52. The number of rotatable bonds is 5. The van der Waals surface area contributed by atoms with Crippen LogP contribution in [0.1, 0.15) is 5.56 Å². The van der Waals surface area contributed by atoms with E-state index in [1.165, 1.54) is 6.07 Å². The lowest BCUT2D eigenvalue weighted by Crippen LogP contribution is -2.49. The first-order chi connectivity index (χ1) is 16.6. The predicted molar refractivity (Wildman–Crippen MR) is 129 cm³/mol. The van der Waals surface area contributed by atoms with Crippen LogP contribution in [0.2, 0.25) is 0 Å². The molecule has 1 aliphatic rings. The molecule has 3 heterocycles. The molecule has 4 aromatic rings. The molecule has 172 valence electrons. The van der Waals surface area contributed by atoms with Crippen molar-refractivity contribution in [2.75, 3.05) is 31.1 Å². The summed E-state index contributed by atoms with van der Waals surface area (Å²) < 4.78 is 15.7. The standard InChI is InChI=1S/C26H25FN6O/c1-19-16-21(9-10-22(19)27)23-17-33(26(29-23)20-6-3-2-4-7-20)18-25(34)32-14-12-31(13-15-32)24-8-5-11-28-30-24/h2-11,16-17H,12-15,18H2,1H3. The molecule has 1 saturated heterocycles. The van der Waals surface area contributed by atoms with E-state index in [0.29, 0.717) is 43.3 Å². The largest absolute Gasteiger partial charge is 0.352 e. The Bertz CT molecular complexity index is 1280. The Morgan fingerprint density at radius 1 is 0.971 bits per heavy atom. The third-order valence-electron chi connectivity index (χ3n) is 6.08. The van der Waals surface area contributed by atoms with Gasteiger partial charge in [0.1, 0.15) is 18.2 Å². The maximum absolute atomic E-state index is 13.8. The van der Waals surface area contributed by atoms with Crippen molar-refractivity contribution in [1.82, 2.24) is 24.6 Å². The van der Waals surface area contributed by atoms with Crippen molar-refractivity contribution < 1.29 is 9.18 Å². The van der Waals surface area contributed by atoms with E-state index in [4.69, 9.17) is 4.98 Å². The number of imidazole rings is 1. The van der Waals surface area contributed by atoms with Crippen LogP contribution in [-0.4, -0.2) is 56.7 Å². The first kappa shape index (κ1) is 21.8. The van der Waals surface area contributed by atoms with Crippen LogP contribution in [0.5, 0.6) is 0 Å². The highest BCUT2D eigenvalue weighted by atomic mass is 19.1. The average molecular weight is 457 g/mol. The molecular formula is C26H25FN6O. The van der Waals surface area contributed by atoms with Crippen LogP contribution in [0.15, 0.2) is 73.1 Å². The van der Waals surface area contributed by atoms with Gasteiger partial charge in [-0.05, 0) is 42.8 Å². The molecule has 1 amide bonds. The van der Waals surface area contributed by atoms with Gasteiger partial charge >= 0.3 is 0 Å². The molecule has 0 unspecified atom stereocenters. The van der Waals surface area contributed by atoms with Gasteiger partial charge in [-0.25, -0.2) is 9.37 Å². The molecule has 2 aromatic carbocycles. The number of amides is 1. The molecule has 0 atom stereocenters. The summed E-state index contributed by atoms with van der Waals surface area (Å²) in [5.74, 6) is 1.33. The molecule has 34 heavy (non-hydrogen) atoms. The van der Waals surface area contributed by atoms with Gasteiger partial charge in [0.25, 0.3) is 0 Å². The first-order valence-corrected chi connectivity index (χ1v) is 11.3. The van der Waals surface area contributed by atoms with Gasteiger partial charge in [-0.15, -0.1) is 5.10 Å². The summed E-state index contributed by atoms with van der Waals surface area (Å²) in [4.78, 5) is 22.1. The van der Waals surface area contributed by atoms with Crippen LogP contribution in [0, 0.1) is 12.7 Å². The number of carbonyl (C=O) groups excluding carboxylic acids is 1. The van der Waals surface area contributed by atoms with E-state index in [1.54, 1.807) is 25.3 Å². The van der Waals surface area contributed by atoms with E-state index in [1.807, 2.05) is 58.1 Å². The van der Waals surface area contributed by atoms with Gasteiger partial charge in [0.05, 0.1) is 5.69 Å². The van der Waals surface area contributed by atoms with Gasteiger partial charge in [-0.3, -0.25) is 4.79 Å². The van der Waals surface area contributed by atoms with Crippen molar-refractivity contribution in [3.05, 3.63) is 84.4 Å². The number of benzene rings is 2. The van der Waals surface area contributed by atoms with Crippen molar-refractivity contribution in [1.29, 1.82) is 0 Å². The van der Waals surface area contributed by atoms with Crippen molar-refractivity contribution in [3.8, 4) is 22.6 Å². The zero-order valence-corrected chi connectivity index (χ0v) is 18.9. The Morgan fingerprint density at radius 3 is 2.47 bits per heavy atom. The molecule has 0 spiro atoms. The maximum atomic E-state index is 13.8. The predicted octanol–water partition coefficient (Wildman–Crippen LogP) is 3.80. The fourth-order valence-corrected chi connectivity index (χ4v) is 4.19. The molecule has 0 saturated carbocycles. The molecule has 0 aliphatic carbocycles. The minimum atomic E-state index is -0.248. The second-order valence-electron chi connectivity index (χ2n) is 8.36. The summed E-state index contributed by atoms with van der Waals surface area (Å²) in [5, 5.41) is 8.11. The number of piperazine rings is 1. The summed E-state index contributed by atoms with van der Waals surface area (Å²) in [6.07, 6.45) is 3.53. The first-order valence-electron chi connectivity index (χ1n) is 11.3. The Kier molecular flexibility index (Phi) is 6.03. The Labute approximate surface area is 197 Å². The lowest BCUT2D eigenvalue weighted by atomic mass is 10.1. The zero-order chi connectivity index (χ0) is 23.5. The molecule has 2 aromatic heterocycles. The summed E-state index contributed by atoms with van der Waals surface area (Å²) in [7, 11) is 0. The number of hydrogen-bond acceptors (Lipinski definition) is 5. The SMILES string of the molecule is Cc1cc(-c2cn(CC(=O)N3CCN(c4cccnn4)CC3)c(-c3ccccc3)n2)ccc1F. The number of aryl methyl sites for hydroxylation is 1. The summed E-state index contributed by atoms with van der Waals surface area (Å²) in [6, 6.07) is 18.5. The number of hydrogen-bond donors (Lipinski definition) is 0. The number of nitrogens with zero attached hydrogens (tertiary/aromatic N) is 6. The van der Waals surface area contributed by atoms with Crippen LogP contribution >= 0.6 is 0 Å². The van der Waals surface area contributed by atoms with Crippen LogP contribution < -0.4 is 4.90 Å². The quantitative estimate of drug-likeness (QED) is 0.457. The monoisotopic (exact) mass is 456 g/mol. The normalized spacial score (nSPS) is 13.8. The molecule has 7 nitrogen and oxygen atoms in total. The maximum Gasteiger partial charge on any atom is 0.242 e. The minimum absolute atomic E-state index is 0.0372. The Balaban J connectivity index is 1.36. The topological polar surface area (TPSA) is 67.2 Å². The molecule has 1 aliphatic heterocycles. The number of aromatic nitrogens is 4. The molecule has 8 heteroatoms. The van der Waals surface area contributed by atoms with Gasteiger partial charge in [0.15, 0.2) is 5.82 Å². The lowest BCUT2D eigenvalue weighted by molar-refractivity contribution is -0.132.